The van der Waals surface area contributed by atoms with Crippen LogP contribution in [0.4, 0.5) is 4.39 Å². The van der Waals surface area contributed by atoms with Crippen molar-refractivity contribution in [1.29, 1.82) is 0 Å². The SMILES string of the molecule is C=CCN(CCC)Cc1c(CNC)sc2cccc(F)c12. The first kappa shape index (κ1) is 16.1. The molecule has 1 N–H and O–H groups in total. The van der Waals surface area contributed by atoms with E-state index in [2.05, 4.69) is 23.7 Å². The summed E-state index contributed by atoms with van der Waals surface area (Å²) >= 11 is 1.69. The summed E-state index contributed by atoms with van der Waals surface area (Å²) in [5, 5.41) is 3.98. The number of hydrogen-bond donors (Lipinski definition) is 1. The zero-order valence-corrected chi connectivity index (χ0v) is 13.6. The highest BCUT2D eigenvalue weighted by molar-refractivity contribution is 7.19. The fourth-order valence-electron chi connectivity index (χ4n) is 2.64. The molecule has 0 amide bonds. The van der Waals surface area contributed by atoms with Crippen molar-refractivity contribution in [3.05, 3.63) is 47.1 Å². The summed E-state index contributed by atoms with van der Waals surface area (Å²) in [4.78, 5) is 3.54. The van der Waals surface area contributed by atoms with Gasteiger partial charge in [-0.3, -0.25) is 4.90 Å². The van der Waals surface area contributed by atoms with Crippen molar-refractivity contribution in [2.24, 2.45) is 0 Å². The monoisotopic (exact) mass is 306 g/mol. The summed E-state index contributed by atoms with van der Waals surface area (Å²) in [5.41, 5.74) is 1.12. The third kappa shape index (κ3) is 3.70. The van der Waals surface area contributed by atoms with Crippen LogP contribution in [0.3, 0.4) is 0 Å². The maximum Gasteiger partial charge on any atom is 0.132 e. The first-order chi connectivity index (χ1) is 10.2. The van der Waals surface area contributed by atoms with E-state index in [4.69, 9.17) is 0 Å². The van der Waals surface area contributed by atoms with E-state index < -0.39 is 0 Å². The molecular formula is C17H23FN2S. The van der Waals surface area contributed by atoms with Crippen LogP contribution in [0.1, 0.15) is 23.8 Å². The molecule has 2 nitrogen and oxygen atoms in total. The van der Waals surface area contributed by atoms with Gasteiger partial charge in [0.1, 0.15) is 5.82 Å². The maximum absolute atomic E-state index is 14.3. The van der Waals surface area contributed by atoms with Crippen LogP contribution in [-0.4, -0.2) is 25.0 Å². The smallest absolute Gasteiger partial charge is 0.132 e. The number of rotatable bonds is 8. The van der Waals surface area contributed by atoms with E-state index in [1.807, 2.05) is 19.2 Å². The van der Waals surface area contributed by atoms with E-state index in [1.165, 1.54) is 4.88 Å². The predicted molar refractivity (Wildman–Crippen MR) is 90.3 cm³/mol. The number of hydrogen-bond acceptors (Lipinski definition) is 3. The molecule has 0 spiro atoms. The van der Waals surface area contributed by atoms with Crippen LogP contribution in [-0.2, 0) is 13.1 Å². The van der Waals surface area contributed by atoms with Gasteiger partial charge in [0.15, 0.2) is 0 Å². The first-order valence-corrected chi connectivity index (χ1v) is 8.19. The second-order valence-electron chi connectivity index (χ2n) is 5.17. The molecule has 114 valence electrons. The van der Waals surface area contributed by atoms with Crippen molar-refractivity contribution < 1.29 is 4.39 Å². The van der Waals surface area contributed by atoms with Gasteiger partial charge in [-0.15, -0.1) is 17.9 Å². The molecule has 21 heavy (non-hydrogen) atoms. The fourth-order valence-corrected chi connectivity index (χ4v) is 3.89. The van der Waals surface area contributed by atoms with Gasteiger partial charge in [0.05, 0.1) is 0 Å². The molecule has 0 unspecified atom stereocenters. The number of thiophene rings is 1. The minimum Gasteiger partial charge on any atom is -0.315 e. The number of nitrogens with zero attached hydrogens (tertiary/aromatic N) is 1. The summed E-state index contributed by atoms with van der Waals surface area (Å²) in [5.74, 6) is -0.115. The second kappa shape index (κ2) is 7.69. The minimum absolute atomic E-state index is 0.115. The van der Waals surface area contributed by atoms with Crippen LogP contribution < -0.4 is 5.32 Å². The first-order valence-electron chi connectivity index (χ1n) is 7.37. The Morgan fingerprint density at radius 2 is 2.24 bits per heavy atom. The van der Waals surface area contributed by atoms with E-state index in [0.29, 0.717) is 0 Å². The van der Waals surface area contributed by atoms with Gasteiger partial charge in [0, 0.05) is 34.6 Å². The van der Waals surface area contributed by atoms with Gasteiger partial charge >= 0.3 is 0 Å². The van der Waals surface area contributed by atoms with Crippen molar-refractivity contribution in [1.82, 2.24) is 10.2 Å². The van der Waals surface area contributed by atoms with Gasteiger partial charge in [0.2, 0.25) is 0 Å². The molecule has 0 saturated heterocycles. The molecule has 1 aromatic heterocycles. The Morgan fingerprint density at radius 1 is 1.43 bits per heavy atom. The van der Waals surface area contributed by atoms with Gasteiger partial charge in [-0.05, 0) is 37.7 Å². The Bertz CT molecular complexity index is 606. The molecular weight excluding hydrogens is 283 g/mol. The average Bonchev–Trinajstić information content (AvgIpc) is 2.79. The van der Waals surface area contributed by atoms with Crippen LogP contribution in [0.25, 0.3) is 10.1 Å². The molecule has 1 aromatic carbocycles. The topological polar surface area (TPSA) is 15.3 Å². The van der Waals surface area contributed by atoms with Crippen molar-refractivity contribution in [2.75, 3.05) is 20.1 Å². The van der Waals surface area contributed by atoms with Gasteiger partial charge in [-0.2, -0.15) is 0 Å². The summed E-state index contributed by atoms with van der Waals surface area (Å²) < 4.78 is 15.3. The lowest BCUT2D eigenvalue weighted by Crippen LogP contribution is -2.24. The van der Waals surface area contributed by atoms with Gasteiger partial charge in [0.25, 0.3) is 0 Å². The third-order valence-corrected chi connectivity index (χ3v) is 4.69. The maximum atomic E-state index is 14.3. The van der Waals surface area contributed by atoms with Gasteiger partial charge in [-0.25, -0.2) is 4.39 Å². The van der Waals surface area contributed by atoms with E-state index >= 15 is 0 Å². The number of nitrogens with one attached hydrogen (secondary N) is 1. The Balaban J connectivity index is 2.43. The largest absolute Gasteiger partial charge is 0.315 e. The molecule has 4 heteroatoms. The van der Waals surface area contributed by atoms with Gasteiger partial charge < -0.3 is 5.32 Å². The molecule has 0 atom stereocenters. The molecule has 1 heterocycles. The highest BCUT2D eigenvalue weighted by atomic mass is 32.1. The average molecular weight is 306 g/mol. The van der Waals surface area contributed by atoms with E-state index in [-0.39, 0.29) is 5.82 Å². The van der Waals surface area contributed by atoms with Crippen LogP contribution >= 0.6 is 11.3 Å². The summed E-state index contributed by atoms with van der Waals surface area (Å²) in [6.45, 7) is 9.37. The molecule has 2 aromatic rings. The van der Waals surface area contributed by atoms with E-state index in [1.54, 1.807) is 23.5 Å². The fraction of sp³-hybridized carbons (Fsp3) is 0.412. The number of halogens is 1. The van der Waals surface area contributed by atoms with Crippen LogP contribution in [0.5, 0.6) is 0 Å². The molecule has 0 saturated carbocycles. The van der Waals surface area contributed by atoms with E-state index in [9.17, 15) is 4.39 Å². The van der Waals surface area contributed by atoms with Crippen molar-refractivity contribution >= 4 is 21.4 Å². The lowest BCUT2D eigenvalue weighted by Gasteiger charge is -2.20. The summed E-state index contributed by atoms with van der Waals surface area (Å²) in [6.07, 6.45) is 3.00. The highest BCUT2D eigenvalue weighted by Crippen LogP contribution is 2.34. The Kier molecular flexibility index (Phi) is 5.91. The number of fused-ring (bicyclic) bond motifs is 1. The molecule has 0 radical (unpaired) electrons. The normalized spacial score (nSPS) is 11.4. The molecule has 0 aliphatic heterocycles. The van der Waals surface area contributed by atoms with E-state index in [0.717, 1.165) is 48.2 Å². The predicted octanol–water partition coefficient (Wildman–Crippen LogP) is 4.16. The Labute approximate surface area is 130 Å². The van der Waals surface area contributed by atoms with Crippen molar-refractivity contribution in [3.8, 4) is 0 Å². The van der Waals surface area contributed by atoms with Crippen LogP contribution in [0.15, 0.2) is 30.9 Å². The molecule has 0 fully saturated rings. The molecule has 0 aliphatic carbocycles. The van der Waals surface area contributed by atoms with Crippen molar-refractivity contribution in [2.45, 2.75) is 26.4 Å². The summed E-state index contributed by atoms with van der Waals surface area (Å²) in [7, 11) is 1.93. The molecule has 2 rings (SSSR count). The minimum atomic E-state index is -0.115. The third-order valence-electron chi connectivity index (χ3n) is 3.49. The Hall–Kier alpha value is -1.23. The van der Waals surface area contributed by atoms with Crippen molar-refractivity contribution in [3.63, 3.8) is 0 Å². The quantitative estimate of drug-likeness (QED) is 0.737. The lowest BCUT2D eigenvalue weighted by molar-refractivity contribution is 0.295. The zero-order valence-electron chi connectivity index (χ0n) is 12.8. The van der Waals surface area contributed by atoms with Gasteiger partial charge in [-0.1, -0.05) is 19.1 Å². The lowest BCUT2D eigenvalue weighted by atomic mass is 10.1. The zero-order chi connectivity index (χ0) is 15.2. The molecule has 0 aliphatic rings. The second-order valence-corrected chi connectivity index (χ2v) is 6.31. The summed E-state index contributed by atoms with van der Waals surface area (Å²) in [6, 6.07) is 5.34. The van der Waals surface area contributed by atoms with Crippen LogP contribution in [0, 0.1) is 5.82 Å². The number of benzene rings is 1. The van der Waals surface area contributed by atoms with Crippen LogP contribution in [0.2, 0.25) is 0 Å². The standard InChI is InChI=1S/C17H23FN2S/c1-4-9-20(10-5-2)12-13-16(11-19-3)21-15-8-6-7-14(18)17(13)15/h4,6-8,19H,1,5,9-12H2,2-3H3. The Morgan fingerprint density at radius 3 is 2.90 bits per heavy atom. The highest BCUT2D eigenvalue weighted by Gasteiger charge is 2.17. The molecule has 0 bridgehead atoms.